The minimum Gasteiger partial charge on any atom is -0.267 e. The van der Waals surface area contributed by atoms with Gasteiger partial charge in [-0.3, -0.25) is 9.59 Å². The van der Waals surface area contributed by atoms with E-state index in [9.17, 15) is 9.59 Å². The topological polar surface area (TPSA) is 76.3 Å². The van der Waals surface area contributed by atoms with Crippen molar-refractivity contribution in [2.45, 2.75) is 6.54 Å². The largest absolute Gasteiger partial charge is 0.292 e. The summed E-state index contributed by atoms with van der Waals surface area (Å²) >= 11 is 3.44. The molecule has 1 aromatic heterocycles. The average Bonchev–Trinajstić information content (AvgIpc) is 2.77. The van der Waals surface area contributed by atoms with Crippen LogP contribution in [0, 0.1) is 0 Å². The van der Waals surface area contributed by atoms with Crippen molar-refractivity contribution >= 4 is 38.8 Å². The molecule has 1 N–H and O–H groups in total. The Bertz CT molecular complexity index is 1300. The average molecular weight is 461 g/mol. The molecule has 7 heteroatoms. The van der Waals surface area contributed by atoms with Crippen LogP contribution in [0.2, 0.25) is 0 Å². The molecule has 0 aliphatic rings. The number of hydrogen-bond acceptors (Lipinski definition) is 4. The van der Waals surface area contributed by atoms with Crippen LogP contribution in [0.15, 0.2) is 93.2 Å². The number of carbonyl (C=O) groups is 1. The minimum atomic E-state index is -0.490. The van der Waals surface area contributed by atoms with Crippen LogP contribution in [0.5, 0.6) is 0 Å². The standard InChI is InChI=1S/C23H17BrN4O2/c24-20-13-7-4-10-17(20)14-25-26-22(29)21-18-11-5-6-12-19(18)23(30)28(27-21)15-16-8-2-1-3-9-16/h1-14H,15H2,(H,26,29). The van der Waals surface area contributed by atoms with Crippen molar-refractivity contribution in [3.8, 4) is 0 Å². The quantitative estimate of drug-likeness (QED) is 0.361. The predicted octanol–water partition coefficient (Wildman–Crippen LogP) is 3.97. The predicted molar refractivity (Wildman–Crippen MR) is 121 cm³/mol. The van der Waals surface area contributed by atoms with E-state index >= 15 is 0 Å². The van der Waals surface area contributed by atoms with Gasteiger partial charge in [-0.1, -0.05) is 82.7 Å². The Labute approximate surface area is 181 Å². The molecular weight excluding hydrogens is 444 g/mol. The lowest BCUT2D eigenvalue weighted by Gasteiger charge is -2.10. The molecule has 0 aliphatic carbocycles. The van der Waals surface area contributed by atoms with Crippen LogP contribution < -0.4 is 11.0 Å². The molecule has 0 bridgehead atoms. The molecule has 4 aromatic rings. The normalized spacial score (nSPS) is 11.1. The van der Waals surface area contributed by atoms with Crippen LogP contribution in [-0.4, -0.2) is 21.9 Å². The van der Waals surface area contributed by atoms with E-state index in [1.54, 1.807) is 30.5 Å². The molecule has 0 saturated heterocycles. The lowest BCUT2D eigenvalue weighted by molar-refractivity contribution is 0.0949. The fourth-order valence-corrected chi connectivity index (χ4v) is 3.45. The van der Waals surface area contributed by atoms with Crippen molar-refractivity contribution in [3.05, 3.63) is 111 Å². The number of hydrazone groups is 1. The second-order valence-electron chi connectivity index (χ2n) is 6.56. The Morgan fingerprint density at radius 3 is 2.40 bits per heavy atom. The third-order valence-electron chi connectivity index (χ3n) is 4.53. The number of nitrogens with one attached hydrogen (secondary N) is 1. The summed E-state index contributed by atoms with van der Waals surface area (Å²) in [5.74, 6) is -0.490. The van der Waals surface area contributed by atoms with E-state index in [-0.39, 0.29) is 17.8 Å². The summed E-state index contributed by atoms with van der Waals surface area (Å²) in [6.45, 7) is 0.269. The van der Waals surface area contributed by atoms with Gasteiger partial charge in [0.25, 0.3) is 11.5 Å². The fraction of sp³-hybridized carbons (Fsp3) is 0.0435. The molecule has 1 heterocycles. The second kappa shape index (κ2) is 8.84. The highest BCUT2D eigenvalue weighted by Gasteiger charge is 2.16. The molecule has 4 rings (SSSR count). The lowest BCUT2D eigenvalue weighted by Crippen LogP contribution is -2.29. The van der Waals surface area contributed by atoms with E-state index < -0.39 is 5.91 Å². The van der Waals surface area contributed by atoms with E-state index in [0.29, 0.717) is 10.8 Å². The van der Waals surface area contributed by atoms with Gasteiger partial charge < -0.3 is 0 Å². The molecule has 0 unspecified atom stereocenters. The first kappa shape index (κ1) is 19.7. The molecule has 0 atom stereocenters. The molecule has 0 fully saturated rings. The van der Waals surface area contributed by atoms with Crippen molar-refractivity contribution in [2.75, 3.05) is 0 Å². The van der Waals surface area contributed by atoms with Crippen LogP contribution in [0.25, 0.3) is 10.8 Å². The Balaban J connectivity index is 1.68. The number of aromatic nitrogens is 2. The third-order valence-corrected chi connectivity index (χ3v) is 5.26. The van der Waals surface area contributed by atoms with Gasteiger partial charge in [0.15, 0.2) is 5.69 Å². The summed E-state index contributed by atoms with van der Waals surface area (Å²) in [6.07, 6.45) is 1.55. The van der Waals surface area contributed by atoms with Crippen molar-refractivity contribution in [2.24, 2.45) is 5.10 Å². The molecule has 3 aromatic carbocycles. The zero-order valence-electron chi connectivity index (χ0n) is 15.8. The summed E-state index contributed by atoms with van der Waals surface area (Å²) in [5.41, 5.74) is 4.15. The smallest absolute Gasteiger partial charge is 0.267 e. The van der Waals surface area contributed by atoms with E-state index in [1.807, 2.05) is 54.6 Å². The summed E-state index contributed by atoms with van der Waals surface area (Å²) < 4.78 is 2.17. The molecule has 0 radical (unpaired) electrons. The van der Waals surface area contributed by atoms with Crippen LogP contribution >= 0.6 is 15.9 Å². The number of halogens is 1. The molecule has 1 amide bonds. The summed E-state index contributed by atoms with van der Waals surface area (Å²) in [7, 11) is 0. The van der Waals surface area contributed by atoms with Crippen LogP contribution in [0.4, 0.5) is 0 Å². The number of amides is 1. The SMILES string of the molecule is O=C(NN=Cc1ccccc1Br)c1nn(Cc2ccccc2)c(=O)c2ccccc12. The maximum Gasteiger partial charge on any atom is 0.292 e. The highest BCUT2D eigenvalue weighted by atomic mass is 79.9. The molecular formula is C23H17BrN4O2. The van der Waals surface area contributed by atoms with Gasteiger partial charge in [0.1, 0.15) is 0 Å². The van der Waals surface area contributed by atoms with E-state index in [0.717, 1.165) is 15.6 Å². The number of carbonyl (C=O) groups excluding carboxylic acids is 1. The van der Waals surface area contributed by atoms with Crippen LogP contribution in [-0.2, 0) is 6.54 Å². The van der Waals surface area contributed by atoms with Gasteiger partial charge in [-0.05, 0) is 17.7 Å². The molecule has 6 nitrogen and oxygen atoms in total. The first-order valence-electron chi connectivity index (χ1n) is 9.25. The first-order valence-corrected chi connectivity index (χ1v) is 10.0. The van der Waals surface area contributed by atoms with Gasteiger partial charge in [-0.15, -0.1) is 0 Å². The summed E-state index contributed by atoms with van der Waals surface area (Å²) in [4.78, 5) is 25.7. The van der Waals surface area contributed by atoms with Gasteiger partial charge in [-0.25, -0.2) is 10.1 Å². The maximum atomic E-state index is 12.9. The highest BCUT2D eigenvalue weighted by Crippen LogP contribution is 2.15. The Hall–Kier alpha value is -3.58. The number of hydrogen-bond donors (Lipinski definition) is 1. The fourth-order valence-electron chi connectivity index (χ4n) is 3.06. The zero-order chi connectivity index (χ0) is 20.9. The van der Waals surface area contributed by atoms with Crippen molar-refractivity contribution in [1.29, 1.82) is 0 Å². The monoisotopic (exact) mass is 460 g/mol. The Morgan fingerprint density at radius 2 is 1.63 bits per heavy atom. The Morgan fingerprint density at radius 1 is 0.967 bits per heavy atom. The van der Waals surface area contributed by atoms with Crippen molar-refractivity contribution < 1.29 is 4.79 Å². The van der Waals surface area contributed by atoms with Gasteiger partial charge in [0.2, 0.25) is 0 Å². The molecule has 148 valence electrons. The van der Waals surface area contributed by atoms with E-state index in [4.69, 9.17) is 0 Å². The van der Waals surface area contributed by atoms with Gasteiger partial charge in [0, 0.05) is 15.4 Å². The first-order chi connectivity index (χ1) is 14.6. The van der Waals surface area contributed by atoms with Gasteiger partial charge in [0.05, 0.1) is 18.1 Å². The van der Waals surface area contributed by atoms with Crippen LogP contribution in [0.1, 0.15) is 21.6 Å². The molecule has 0 saturated carbocycles. The third kappa shape index (κ3) is 4.21. The van der Waals surface area contributed by atoms with E-state index in [2.05, 4.69) is 31.6 Å². The highest BCUT2D eigenvalue weighted by molar-refractivity contribution is 9.10. The molecule has 0 aliphatic heterocycles. The number of benzene rings is 3. The maximum absolute atomic E-state index is 12.9. The molecule has 30 heavy (non-hydrogen) atoms. The van der Waals surface area contributed by atoms with Gasteiger partial charge >= 0.3 is 0 Å². The number of rotatable bonds is 5. The molecule has 0 spiro atoms. The minimum absolute atomic E-state index is 0.144. The van der Waals surface area contributed by atoms with Crippen molar-refractivity contribution in [1.82, 2.24) is 15.2 Å². The number of nitrogens with zero attached hydrogens (tertiary/aromatic N) is 3. The summed E-state index contributed by atoms with van der Waals surface area (Å²) in [5, 5.41) is 9.31. The Kier molecular flexibility index (Phi) is 5.81. The van der Waals surface area contributed by atoms with Gasteiger partial charge in [-0.2, -0.15) is 10.2 Å². The summed E-state index contributed by atoms with van der Waals surface area (Å²) in [6, 6.07) is 24.0. The lowest BCUT2D eigenvalue weighted by atomic mass is 10.1. The van der Waals surface area contributed by atoms with E-state index in [1.165, 1.54) is 4.68 Å². The second-order valence-corrected chi connectivity index (χ2v) is 7.42. The number of fused-ring (bicyclic) bond motifs is 1. The van der Waals surface area contributed by atoms with Crippen LogP contribution in [0.3, 0.4) is 0 Å². The van der Waals surface area contributed by atoms with Crippen molar-refractivity contribution in [3.63, 3.8) is 0 Å². The zero-order valence-corrected chi connectivity index (χ0v) is 17.4.